The highest BCUT2D eigenvalue weighted by Gasteiger charge is 2.17. The Morgan fingerprint density at radius 2 is 2.07 bits per heavy atom. The summed E-state index contributed by atoms with van der Waals surface area (Å²) in [6, 6.07) is 7.84. The molecule has 1 heterocycles. The summed E-state index contributed by atoms with van der Waals surface area (Å²) < 4.78 is 10.8. The molecule has 27 heavy (non-hydrogen) atoms. The number of aliphatic imine (C=N–C) groups is 1. The number of aromatic nitrogens is 1. The normalized spacial score (nSPS) is 12.1. The summed E-state index contributed by atoms with van der Waals surface area (Å²) in [6.07, 6.45) is 0.863. The molecule has 0 bridgehead atoms. The fraction of sp³-hybridized carbons (Fsp3) is 0.500. The van der Waals surface area contributed by atoms with E-state index < -0.39 is 0 Å². The molecule has 2 rings (SSSR count). The minimum atomic E-state index is 0.0759. The molecule has 7 heteroatoms. The van der Waals surface area contributed by atoms with Crippen molar-refractivity contribution in [2.45, 2.75) is 39.2 Å². The van der Waals surface area contributed by atoms with Gasteiger partial charge in [-0.05, 0) is 12.1 Å². The molecule has 0 amide bonds. The number of ether oxygens (including phenoxy) is 2. The van der Waals surface area contributed by atoms with Crippen molar-refractivity contribution in [3.63, 3.8) is 0 Å². The third-order valence-electron chi connectivity index (χ3n) is 3.71. The van der Waals surface area contributed by atoms with E-state index in [1.807, 2.05) is 24.3 Å². The molecule has 0 saturated heterocycles. The van der Waals surface area contributed by atoms with Gasteiger partial charge in [-0.25, -0.2) is 4.98 Å². The van der Waals surface area contributed by atoms with E-state index in [-0.39, 0.29) is 5.41 Å². The Morgan fingerprint density at radius 1 is 1.26 bits per heavy atom. The summed E-state index contributed by atoms with van der Waals surface area (Å²) >= 11 is 1.70. The van der Waals surface area contributed by atoms with Crippen LogP contribution in [0.3, 0.4) is 0 Å². The van der Waals surface area contributed by atoms with Gasteiger partial charge in [-0.1, -0.05) is 26.8 Å². The van der Waals surface area contributed by atoms with Crippen molar-refractivity contribution in [1.82, 2.24) is 10.3 Å². The molecule has 0 fully saturated rings. The van der Waals surface area contributed by atoms with Gasteiger partial charge in [0.1, 0.15) is 5.75 Å². The van der Waals surface area contributed by atoms with E-state index >= 15 is 0 Å². The van der Waals surface area contributed by atoms with E-state index in [0.717, 1.165) is 28.6 Å². The monoisotopic (exact) mass is 390 g/mol. The maximum Gasteiger partial charge on any atom is 0.195 e. The molecule has 0 aliphatic heterocycles. The molecule has 2 N–H and O–H groups in total. The second kappa shape index (κ2) is 10.3. The van der Waals surface area contributed by atoms with Crippen LogP contribution in [0.15, 0.2) is 34.6 Å². The first kappa shape index (κ1) is 21.2. The highest BCUT2D eigenvalue weighted by Crippen LogP contribution is 2.25. The second-order valence-corrected chi connectivity index (χ2v) is 8.03. The van der Waals surface area contributed by atoms with Crippen molar-refractivity contribution in [1.29, 1.82) is 0 Å². The van der Waals surface area contributed by atoms with Gasteiger partial charge in [0.2, 0.25) is 0 Å². The molecular formula is C20H30N4O2S. The molecule has 6 nitrogen and oxygen atoms in total. The highest BCUT2D eigenvalue weighted by atomic mass is 32.1. The van der Waals surface area contributed by atoms with Crippen LogP contribution in [0.4, 0.5) is 5.69 Å². The van der Waals surface area contributed by atoms with Crippen LogP contribution in [-0.4, -0.2) is 38.3 Å². The molecule has 0 unspecified atom stereocenters. The molecule has 0 saturated carbocycles. The van der Waals surface area contributed by atoms with Gasteiger partial charge in [-0.2, -0.15) is 0 Å². The van der Waals surface area contributed by atoms with Gasteiger partial charge in [-0.15, -0.1) is 11.3 Å². The fourth-order valence-electron chi connectivity index (χ4n) is 2.28. The Labute approximate surface area is 166 Å². The number of hydrogen-bond acceptors (Lipinski definition) is 5. The minimum Gasteiger partial charge on any atom is -0.493 e. The third kappa shape index (κ3) is 7.19. The average molecular weight is 391 g/mol. The number of hydrogen-bond donors (Lipinski definition) is 2. The number of nitrogens with zero attached hydrogens (tertiary/aromatic N) is 2. The highest BCUT2D eigenvalue weighted by molar-refractivity contribution is 7.09. The summed E-state index contributed by atoms with van der Waals surface area (Å²) in [5.41, 5.74) is 2.01. The zero-order chi connectivity index (χ0) is 19.7. The van der Waals surface area contributed by atoms with Crippen LogP contribution in [0, 0.1) is 0 Å². The standard InChI is InChI=1S/C20H30N4O2S/c1-20(2,3)18-23-16(14-27-18)13-22-19(21-4)24-15-8-6-9-17(12-15)26-11-7-10-25-5/h6,8-9,12,14H,7,10-11,13H2,1-5H3,(H2,21,22,24). The molecule has 2 aromatic rings. The lowest BCUT2D eigenvalue weighted by Crippen LogP contribution is -2.30. The number of anilines is 1. The molecule has 0 radical (unpaired) electrons. The Bertz CT molecular complexity index is 738. The number of thiazole rings is 1. The van der Waals surface area contributed by atoms with Crippen molar-refractivity contribution in [2.75, 3.05) is 32.7 Å². The molecule has 0 atom stereocenters. The zero-order valence-corrected chi connectivity index (χ0v) is 17.7. The Kier molecular flexibility index (Phi) is 8.06. The van der Waals surface area contributed by atoms with E-state index in [2.05, 4.69) is 41.8 Å². The third-order valence-corrected chi connectivity index (χ3v) is 5.03. The van der Waals surface area contributed by atoms with Crippen molar-refractivity contribution in [3.05, 3.63) is 40.3 Å². The van der Waals surface area contributed by atoms with Crippen molar-refractivity contribution in [2.24, 2.45) is 4.99 Å². The summed E-state index contributed by atoms with van der Waals surface area (Å²) in [6.45, 7) is 8.47. The summed E-state index contributed by atoms with van der Waals surface area (Å²) in [4.78, 5) is 8.98. The number of benzene rings is 1. The summed E-state index contributed by atoms with van der Waals surface area (Å²) in [7, 11) is 3.45. The number of rotatable bonds is 8. The Hall–Kier alpha value is -2.12. The van der Waals surface area contributed by atoms with Crippen LogP contribution < -0.4 is 15.4 Å². The number of nitrogens with one attached hydrogen (secondary N) is 2. The van der Waals surface area contributed by atoms with E-state index in [1.54, 1.807) is 25.5 Å². The molecule has 0 spiro atoms. The van der Waals surface area contributed by atoms with Crippen molar-refractivity contribution >= 4 is 23.0 Å². The average Bonchev–Trinajstić information content (AvgIpc) is 3.12. The Morgan fingerprint density at radius 3 is 2.74 bits per heavy atom. The lowest BCUT2D eigenvalue weighted by atomic mass is 9.98. The smallest absolute Gasteiger partial charge is 0.195 e. The van der Waals surface area contributed by atoms with Crippen molar-refractivity contribution < 1.29 is 9.47 Å². The van der Waals surface area contributed by atoms with Gasteiger partial charge in [0, 0.05) is 49.7 Å². The van der Waals surface area contributed by atoms with E-state index in [0.29, 0.717) is 25.7 Å². The topological polar surface area (TPSA) is 67.8 Å². The van der Waals surface area contributed by atoms with Crippen molar-refractivity contribution in [3.8, 4) is 5.75 Å². The lowest BCUT2D eigenvalue weighted by molar-refractivity contribution is 0.172. The predicted octanol–water partition coefficient (Wildman–Crippen LogP) is 4.04. The van der Waals surface area contributed by atoms with Gasteiger partial charge in [0.25, 0.3) is 0 Å². The quantitative estimate of drug-likeness (QED) is 0.404. The molecular weight excluding hydrogens is 360 g/mol. The fourth-order valence-corrected chi connectivity index (χ4v) is 3.19. The zero-order valence-electron chi connectivity index (χ0n) is 16.8. The first-order valence-electron chi connectivity index (χ1n) is 9.06. The van der Waals surface area contributed by atoms with Crippen LogP contribution in [0.2, 0.25) is 0 Å². The number of methoxy groups -OCH3 is 1. The lowest BCUT2D eigenvalue weighted by Gasteiger charge is -2.14. The maximum atomic E-state index is 5.74. The van der Waals surface area contributed by atoms with Gasteiger partial charge >= 0.3 is 0 Å². The van der Waals surface area contributed by atoms with E-state index in [1.165, 1.54) is 0 Å². The van der Waals surface area contributed by atoms with Crippen LogP contribution in [-0.2, 0) is 16.7 Å². The molecule has 1 aromatic carbocycles. The minimum absolute atomic E-state index is 0.0759. The molecule has 148 valence electrons. The van der Waals surface area contributed by atoms with Crippen LogP contribution in [0.1, 0.15) is 37.9 Å². The first-order valence-corrected chi connectivity index (χ1v) is 9.94. The SMILES string of the molecule is CN=C(NCc1csc(C(C)(C)C)n1)Nc1cccc(OCCCOC)c1. The largest absolute Gasteiger partial charge is 0.493 e. The van der Waals surface area contributed by atoms with Gasteiger partial charge in [0.05, 0.1) is 23.9 Å². The number of guanidine groups is 1. The predicted molar refractivity (Wildman–Crippen MR) is 113 cm³/mol. The second-order valence-electron chi connectivity index (χ2n) is 7.17. The van der Waals surface area contributed by atoms with E-state index in [9.17, 15) is 0 Å². The van der Waals surface area contributed by atoms with Gasteiger partial charge in [-0.3, -0.25) is 4.99 Å². The van der Waals surface area contributed by atoms with Gasteiger partial charge < -0.3 is 20.1 Å². The summed E-state index contributed by atoms with van der Waals surface area (Å²) in [5.74, 6) is 1.51. The van der Waals surface area contributed by atoms with Gasteiger partial charge in [0.15, 0.2) is 5.96 Å². The molecule has 0 aliphatic carbocycles. The molecule has 0 aliphatic rings. The first-order chi connectivity index (χ1) is 12.9. The van der Waals surface area contributed by atoms with Crippen LogP contribution in [0.5, 0.6) is 5.75 Å². The van der Waals surface area contributed by atoms with Crippen LogP contribution >= 0.6 is 11.3 Å². The molecule has 1 aromatic heterocycles. The van der Waals surface area contributed by atoms with E-state index in [4.69, 9.17) is 14.5 Å². The maximum absolute atomic E-state index is 5.74. The van der Waals surface area contributed by atoms with Crippen LogP contribution in [0.25, 0.3) is 0 Å². The summed E-state index contributed by atoms with van der Waals surface area (Å²) in [5, 5.41) is 9.82. The Balaban J connectivity index is 1.88.